The molecule has 6 aliphatic rings. The molecule has 4 aliphatic heterocycles. The van der Waals surface area contributed by atoms with Crippen LogP contribution in [0, 0.1) is 11.8 Å². The molecule has 9 rings (SSSR count). The zero-order valence-corrected chi connectivity index (χ0v) is 45.7. The summed E-state index contributed by atoms with van der Waals surface area (Å²) in [6.07, 6.45) is 5.85. The predicted molar refractivity (Wildman–Crippen MR) is 280 cm³/mol. The van der Waals surface area contributed by atoms with Gasteiger partial charge >= 0.3 is 18.0 Å². The number of amides is 3. The number of nitrogens with zero attached hydrogens (tertiary/aromatic N) is 4. The van der Waals surface area contributed by atoms with E-state index in [1.54, 1.807) is 38.0 Å². The molecule has 4 atom stereocenters. The number of carboxylic acids is 1. The van der Waals surface area contributed by atoms with Crippen LogP contribution in [-0.2, 0) is 39.8 Å². The van der Waals surface area contributed by atoms with Gasteiger partial charge < -0.3 is 39.2 Å². The van der Waals surface area contributed by atoms with Crippen LogP contribution in [0.3, 0.4) is 0 Å². The van der Waals surface area contributed by atoms with Crippen LogP contribution >= 0.6 is 34.5 Å². The minimum Gasteiger partial charge on any atom is -0.481 e. The highest BCUT2D eigenvalue weighted by Crippen LogP contribution is 2.38. The molecule has 418 valence electrons. The lowest BCUT2D eigenvalue weighted by molar-refractivity contribution is -0.150. The Labute approximate surface area is 454 Å². The standard InChI is InChI=1S/C32H33Cl2F2N3O5S.C22H36F2N2O5/c33-25-12-27(37-30(41)24-15-45-28-4-2-1-3-23(24)28)26(34)9-19(25)10-29(40)39-13-20(38-16-32(35,36)17-38)11-21(39)14-44-22-7-5-18(6-8-22)31(42)43;1-5-29-19(27)15-6-8-18(9-7-15)30-12-17-10-16(25-13-22(23,24)14-25)11-26(17)20(28)31-21(2,3)4/h1-4,9,12,15,18,20-22H,5-8,10-11,13-14,16-17H2,(H,37,41)(H,42,43);15-18H,5-14H2,1-4H3/t18?,20-,21-,22?;15?,16-,17-,18?/m00/s1. The summed E-state index contributed by atoms with van der Waals surface area (Å²) in [4.78, 5) is 69.4. The van der Waals surface area contributed by atoms with Gasteiger partial charge in [0, 0.05) is 45.7 Å². The molecular formula is C54H69Cl2F4N5O10S. The third-order valence-electron chi connectivity index (χ3n) is 15.3. The quantitative estimate of drug-likeness (QED) is 0.109. The fraction of sp³-hybridized carbons (Fsp3) is 0.648. The second kappa shape index (κ2) is 24.4. The molecule has 5 heterocycles. The number of carbonyl (C=O) groups excluding carboxylic acids is 4. The van der Waals surface area contributed by atoms with Crippen molar-refractivity contribution in [1.82, 2.24) is 19.6 Å². The van der Waals surface area contributed by atoms with Gasteiger partial charge in [0.05, 0.1) is 105 Å². The van der Waals surface area contributed by atoms with E-state index < -0.39 is 29.5 Å². The zero-order valence-electron chi connectivity index (χ0n) is 43.4. The number of carbonyl (C=O) groups is 5. The second-order valence-corrected chi connectivity index (χ2v) is 23.9. The van der Waals surface area contributed by atoms with Gasteiger partial charge in [0.15, 0.2) is 0 Å². The molecule has 0 radical (unpaired) electrons. The number of esters is 1. The van der Waals surface area contributed by atoms with Crippen LogP contribution in [0.4, 0.5) is 28.0 Å². The number of rotatable bonds is 15. The van der Waals surface area contributed by atoms with E-state index in [4.69, 9.17) is 42.1 Å². The maximum Gasteiger partial charge on any atom is 0.410 e. The Morgan fingerprint density at radius 3 is 1.84 bits per heavy atom. The summed E-state index contributed by atoms with van der Waals surface area (Å²) >= 11 is 14.6. The number of hydrogen-bond donors (Lipinski definition) is 2. The first-order valence-corrected chi connectivity index (χ1v) is 28.0. The number of alkyl halides is 4. The van der Waals surface area contributed by atoms with Crippen molar-refractivity contribution >= 4 is 80.2 Å². The zero-order chi connectivity index (χ0) is 54.7. The van der Waals surface area contributed by atoms with Gasteiger partial charge in [-0.05, 0) is 116 Å². The van der Waals surface area contributed by atoms with Gasteiger partial charge in [0.1, 0.15) is 5.60 Å². The van der Waals surface area contributed by atoms with Crippen molar-refractivity contribution in [3.8, 4) is 0 Å². The highest BCUT2D eigenvalue weighted by Gasteiger charge is 2.52. The van der Waals surface area contributed by atoms with Gasteiger partial charge in [-0.3, -0.25) is 29.0 Å². The van der Waals surface area contributed by atoms with Gasteiger partial charge in [-0.15, -0.1) is 11.3 Å². The summed E-state index contributed by atoms with van der Waals surface area (Å²) in [6.45, 7) is 7.69. The molecule has 1 aromatic heterocycles. The first-order chi connectivity index (χ1) is 35.9. The van der Waals surface area contributed by atoms with Crippen LogP contribution < -0.4 is 5.32 Å². The minimum absolute atomic E-state index is 0.0264. The Hall–Kier alpha value is -4.31. The van der Waals surface area contributed by atoms with Crippen molar-refractivity contribution < 1.29 is 65.6 Å². The lowest BCUT2D eigenvalue weighted by Gasteiger charge is -2.42. The van der Waals surface area contributed by atoms with E-state index in [0.29, 0.717) is 81.6 Å². The molecule has 3 aromatic rings. The monoisotopic (exact) mass is 1130 g/mol. The van der Waals surface area contributed by atoms with Crippen LogP contribution in [-0.4, -0.2) is 167 Å². The van der Waals surface area contributed by atoms with Crippen LogP contribution in [0.15, 0.2) is 41.8 Å². The molecular weight excluding hydrogens is 1060 g/mol. The number of ether oxygens (including phenoxy) is 4. The molecule has 2 aliphatic carbocycles. The number of thiophene rings is 1. The number of halogens is 6. The number of fused-ring (bicyclic) bond motifs is 1. The molecule has 2 N–H and O–H groups in total. The lowest BCUT2D eigenvalue weighted by Crippen LogP contribution is -2.60. The van der Waals surface area contributed by atoms with Crippen LogP contribution in [0.2, 0.25) is 10.0 Å². The molecule has 0 bridgehead atoms. The molecule has 2 saturated carbocycles. The highest BCUT2D eigenvalue weighted by molar-refractivity contribution is 7.17. The molecule has 2 aromatic carbocycles. The smallest absolute Gasteiger partial charge is 0.410 e. The Morgan fingerprint density at radius 2 is 1.30 bits per heavy atom. The van der Waals surface area contributed by atoms with Gasteiger partial charge in [0.25, 0.3) is 17.8 Å². The summed E-state index contributed by atoms with van der Waals surface area (Å²) < 4.78 is 77.9. The summed E-state index contributed by atoms with van der Waals surface area (Å²) in [7, 11) is 0. The van der Waals surface area contributed by atoms with Gasteiger partial charge in [-0.25, -0.2) is 22.4 Å². The van der Waals surface area contributed by atoms with Gasteiger partial charge in [-0.2, -0.15) is 0 Å². The largest absolute Gasteiger partial charge is 0.481 e. The predicted octanol–water partition coefficient (Wildman–Crippen LogP) is 10.0. The minimum atomic E-state index is -2.72. The molecule has 6 fully saturated rings. The number of carboxylic acid groups (broad SMARTS) is 1. The number of anilines is 1. The van der Waals surface area contributed by atoms with E-state index >= 15 is 0 Å². The fourth-order valence-corrected chi connectivity index (χ4v) is 12.6. The Balaban J connectivity index is 0.000000216. The molecule has 3 amide bonds. The lowest BCUT2D eigenvalue weighted by atomic mass is 9.87. The highest BCUT2D eigenvalue weighted by atomic mass is 35.5. The van der Waals surface area contributed by atoms with Crippen molar-refractivity contribution in [3.05, 3.63) is 63.0 Å². The van der Waals surface area contributed by atoms with Crippen LogP contribution in [0.25, 0.3) is 10.1 Å². The average molecular weight is 1130 g/mol. The molecule has 76 heavy (non-hydrogen) atoms. The van der Waals surface area contributed by atoms with E-state index in [1.807, 2.05) is 45.0 Å². The Bertz CT molecular complexity index is 2560. The average Bonchev–Trinajstić information content (AvgIpc) is 4.12. The van der Waals surface area contributed by atoms with Gasteiger partial charge in [-0.1, -0.05) is 41.4 Å². The summed E-state index contributed by atoms with van der Waals surface area (Å²) in [6, 6.07) is 9.84. The number of aliphatic carboxylic acids is 1. The van der Waals surface area contributed by atoms with Crippen molar-refractivity contribution in [2.75, 3.05) is 64.4 Å². The first kappa shape index (κ1) is 57.9. The normalized spacial score (nSPS) is 27.4. The van der Waals surface area contributed by atoms with E-state index in [1.165, 1.54) is 17.4 Å². The maximum absolute atomic E-state index is 13.7. The van der Waals surface area contributed by atoms with Crippen LogP contribution in [0.5, 0.6) is 0 Å². The SMILES string of the molecule is CCOC(=O)C1CCC(OC[C@@H]2C[C@H](N3CC(F)(F)C3)CN2C(=O)OC(C)(C)C)CC1.O=C(Nc1cc(Cl)c(CC(=O)N2C[C@@H](N3CC(F)(F)C3)C[C@H]2COC2CCC(C(=O)O)CC2)cc1Cl)c1csc2ccccc12. The molecule has 15 nitrogen and oxygen atoms in total. The number of hydrogen-bond acceptors (Lipinski definition) is 12. The van der Waals surface area contributed by atoms with Crippen molar-refractivity contribution in [2.24, 2.45) is 11.8 Å². The molecule has 4 saturated heterocycles. The Kier molecular flexibility index (Phi) is 18.6. The first-order valence-electron chi connectivity index (χ1n) is 26.4. The van der Waals surface area contributed by atoms with Crippen molar-refractivity contribution in [3.63, 3.8) is 0 Å². The number of likely N-dealkylation sites (tertiary alicyclic amines) is 4. The van der Waals surface area contributed by atoms with Crippen LogP contribution in [0.1, 0.15) is 108 Å². The summed E-state index contributed by atoms with van der Waals surface area (Å²) in [5, 5.41) is 15.2. The van der Waals surface area contributed by atoms with Crippen molar-refractivity contribution in [1.29, 1.82) is 0 Å². The molecule has 0 unspecified atom stereocenters. The number of benzene rings is 2. The topological polar surface area (TPSA) is 167 Å². The van der Waals surface area contributed by atoms with Gasteiger partial charge in [0.2, 0.25) is 5.91 Å². The second-order valence-electron chi connectivity index (χ2n) is 22.2. The number of nitrogens with one attached hydrogen (secondary N) is 1. The van der Waals surface area contributed by atoms with E-state index in [0.717, 1.165) is 35.8 Å². The Morgan fingerprint density at radius 1 is 0.763 bits per heavy atom. The summed E-state index contributed by atoms with van der Waals surface area (Å²) in [5.74, 6) is -7.27. The van der Waals surface area contributed by atoms with E-state index in [-0.39, 0.29) is 115 Å². The third kappa shape index (κ3) is 14.7. The molecule has 22 heteroatoms. The molecule has 0 spiro atoms. The summed E-state index contributed by atoms with van der Waals surface area (Å²) in [5.41, 5.74) is 0.697. The van der Waals surface area contributed by atoms with Crippen molar-refractivity contribution in [2.45, 2.75) is 152 Å². The van der Waals surface area contributed by atoms with E-state index in [2.05, 4.69) is 5.32 Å². The van der Waals surface area contributed by atoms with E-state index in [9.17, 15) is 46.6 Å². The maximum atomic E-state index is 13.7. The fourth-order valence-electron chi connectivity index (χ4n) is 11.2. The third-order valence-corrected chi connectivity index (χ3v) is 16.9.